The van der Waals surface area contributed by atoms with Crippen LogP contribution in [0.25, 0.3) is 0 Å². The molecule has 1 aliphatic carbocycles. The molecule has 0 aromatic heterocycles. The summed E-state index contributed by atoms with van der Waals surface area (Å²) in [6.07, 6.45) is 3.21. The largest absolute Gasteiger partial charge is 0.408 e. The Bertz CT molecular complexity index is 372. The number of ether oxygens (including phenoxy) is 1. The minimum atomic E-state index is -1.96. The fourth-order valence-corrected chi connectivity index (χ4v) is 3.37. The van der Waals surface area contributed by atoms with Gasteiger partial charge >= 0.3 is 0 Å². The van der Waals surface area contributed by atoms with E-state index >= 15 is 0 Å². The second-order valence-corrected chi connectivity index (χ2v) is 13.3. The van der Waals surface area contributed by atoms with Crippen molar-refractivity contribution < 1.29 is 14.3 Å². The third-order valence-electron chi connectivity index (χ3n) is 4.22. The number of hydrogen-bond donors (Lipinski definition) is 1. The Hall–Kier alpha value is -0.163. The Labute approximate surface area is 125 Å². The molecule has 0 radical (unpaired) electrons. The van der Waals surface area contributed by atoms with Crippen molar-refractivity contribution >= 4 is 8.32 Å². The maximum atomic E-state index is 10.6. The minimum absolute atomic E-state index is 0.109. The maximum absolute atomic E-state index is 10.6. The van der Waals surface area contributed by atoms with Crippen molar-refractivity contribution in [3.63, 3.8) is 0 Å². The van der Waals surface area contributed by atoms with Crippen LogP contribution in [0.2, 0.25) is 18.1 Å². The van der Waals surface area contributed by atoms with Crippen LogP contribution in [0, 0.1) is 0 Å². The molecule has 0 bridgehead atoms. The zero-order valence-electron chi connectivity index (χ0n) is 14.6. The number of aliphatic hydroxyl groups is 1. The highest BCUT2D eigenvalue weighted by Gasteiger charge is 2.48. The minimum Gasteiger partial charge on any atom is -0.408 e. The Balaban J connectivity index is 2.94. The standard InChI is InChI=1S/C16H32O3Si/c1-14(2,3)18-12-10-11-16(7,17)13(12)19-20(8,9)15(4,5)6/h10-13,17H,1-9H3/t12-,13+,16+/m1/s1. The first kappa shape index (κ1) is 17.9. The molecule has 0 aromatic carbocycles. The molecule has 118 valence electrons. The first-order valence-electron chi connectivity index (χ1n) is 7.43. The third-order valence-corrected chi connectivity index (χ3v) is 8.67. The highest BCUT2D eigenvalue weighted by Crippen LogP contribution is 2.41. The Morgan fingerprint density at radius 3 is 2.00 bits per heavy atom. The lowest BCUT2D eigenvalue weighted by molar-refractivity contribution is -0.119. The van der Waals surface area contributed by atoms with Crippen molar-refractivity contribution in [2.24, 2.45) is 0 Å². The number of rotatable bonds is 3. The molecule has 0 saturated heterocycles. The molecular weight excluding hydrogens is 268 g/mol. The smallest absolute Gasteiger partial charge is 0.192 e. The zero-order chi connectivity index (χ0) is 16.0. The molecule has 20 heavy (non-hydrogen) atoms. The summed E-state index contributed by atoms with van der Waals surface area (Å²) in [5.74, 6) is 0. The van der Waals surface area contributed by atoms with Crippen LogP contribution in [-0.4, -0.2) is 36.8 Å². The van der Waals surface area contributed by atoms with Crippen molar-refractivity contribution in [1.29, 1.82) is 0 Å². The monoisotopic (exact) mass is 300 g/mol. The molecule has 3 nitrogen and oxygen atoms in total. The van der Waals surface area contributed by atoms with Crippen LogP contribution in [0.5, 0.6) is 0 Å². The summed E-state index contributed by atoms with van der Waals surface area (Å²) in [5, 5.41) is 10.7. The van der Waals surface area contributed by atoms with Crippen LogP contribution in [0.1, 0.15) is 48.5 Å². The molecule has 0 heterocycles. The van der Waals surface area contributed by atoms with Crippen molar-refractivity contribution in [2.45, 2.75) is 90.0 Å². The van der Waals surface area contributed by atoms with Crippen LogP contribution in [0.15, 0.2) is 12.2 Å². The van der Waals surface area contributed by atoms with Gasteiger partial charge in [-0.3, -0.25) is 0 Å². The fraction of sp³-hybridized carbons (Fsp3) is 0.875. The highest BCUT2D eigenvalue weighted by atomic mass is 28.4. The second kappa shape index (κ2) is 5.23. The predicted octanol–water partition coefficient (Wildman–Crippen LogP) is 3.88. The molecule has 0 spiro atoms. The topological polar surface area (TPSA) is 38.7 Å². The van der Waals surface area contributed by atoms with E-state index < -0.39 is 13.9 Å². The fourth-order valence-electron chi connectivity index (χ4n) is 2.01. The van der Waals surface area contributed by atoms with E-state index in [0.29, 0.717) is 0 Å². The van der Waals surface area contributed by atoms with E-state index in [1.807, 2.05) is 26.8 Å². The van der Waals surface area contributed by atoms with Crippen LogP contribution in [-0.2, 0) is 9.16 Å². The lowest BCUT2D eigenvalue weighted by Crippen LogP contribution is -2.53. The van der Waals surface area contributed by atoms with Gasteiger partial charge in [0.15, 0.2) is 8.32 Å². The van der Waals surface area contributed by atoms with Crippen LogP contribution >= 0.6 is 0 Å². The Morgan fingerprint density at radius 2 is 1.60 bits per heavy atom. The lowest BCUT2D eigenvalue weighted by Gasteiger charge is -2.43. The van der Waals surface area contributed by atoms with Crippen molar-refractivity contribution in [3.8, 4) is 0 Å². The number of hydrogen-bond acceptors (Lipinski definition) is 3. The van der Waals surface area contributed by atoms with E-state index in [-0.39, 0.29) is 22.8 Å². The Morgan fingerprint density at radius 1 is 1.10 bits per heavy atom. The van der Waals surface area contributed by atoms with E-state index in [1.54, 1.807) is 13.0 Å². The van der Waals surface area contributed by atoms with E-state index in [9.17, 15) is 5.11 Å². The summed E-state index contributed by atoms with van der Waals surface area (Å²) in [6.45, 7) is 18.9. The van der Waals surface area contributed by atoms with Crippen LogP contribution in [0.4, 0.5) is 0 Å². The van der Waals surface area contributed by atoms with Gasteiger partial charge in [-0.15, -0.1) is 0 Å². The summed E-state index contributed by atoms with van der Waals surface area (Å²) in [7, 11) is -1.96. The van der Waals surface area contributed by atoms with Crippen molar-refractivity contribution in [3.05, 3.63) is 12.2 Å². The van der Waals surface area contributed by atoms with Crippen LogP contribution in [0.3, 0.4) is 0 Å². The van der Waals surface area contributed by atoms with Gasteiger partial charge in [0.25, 0.3) is 0 Å². The molecule has 0 saturated carbocycles. The van der Waals surface area contributed by atoms with Gasteiger partial charge in [0, 0.05) is 0 Å². The molecule has 0 aliphatic heterocycles. The van der Waals surface area contributed by atoms with Gasteiger partial charge in [0.2, 0.25) is 0 Å². The summed E-state index contributed by atoms with van der Waals surface area (Å²) < 4.78 is 12.5. The van der Waals surface area contributed by atoms with Gasteiger partial charge in [0.05, 0.1) is 5.60 Å². The quantitative estimate of drug-likeness (QED) is 0.635. The molecule has 1 N–H and O–H groups in total. The average Bonchev–Trinajstić information content (AvgIpc) is 2.40. The molecular formula is C16H32O3Si. The van der Waals surface area contributed by atoms with Gasteiger partial charge in [-0.25, -0.2) is 0 Å². The molecule has 1 rings (SSSR count). The predicted molar refractivity (Wildman–Crippen MR) is 86.5 cm³/mol. The normalized spacial score (nSPS) is 31.9. The zero-order valence-corrected chi connectivity index (χ0v) is 15.6. The van der Waals surface area contributed by atoms with Crippen molar-refractivity contribution in [2.75, 3.05) is 0 Å². The van der Waals surface area contributed by atoms with Crippen molar-refractivity contribution in [1.82, 2.24) is 0 Å². The average molecular weight is 301 g/mol. The van der Waals surface area contributed by atoms with E-state index in [2.05, 4.69) is 33.9 Å². The van der Waals surface area contributed by atoms with E-state index in [0.717, 1.165) is 0 Å². The summed E-state index contributed by atoms with van der Waals surface area (Å²) in [6, 6.07) is 0. The van der Waals surface area contributed by atoms with Gasteiger partial charge in [-0.2, -0.15) is 0 Å². The molecule has 4 heteroatoms. The summed E-state index contributed by atoms with van der Waals surface area (Å²) in [4.78, 5) is 0. The molecule has 0 aromatic rings. The first-order chi connectivity index (χ1) is 8.66. The maximum Gasteiger partial charge on any atom is 0.192 e. The van der Waals surface area contributed by atoms with Gasteiger partial charge in [-0.1, -0.05) is 32.9 Å². The van der Waals surface area contributed by atoms with Crippen LogP contribution < -0.4 is 0 Å². The summed E-state index contributed by atoms with van der Waals surface area (Å²) in [5.41, 5.74) is -1.23. The van der Waals surface area contributed by atoms with Gasteiger partial charge < -0.3 is 14.3 Å². The third kappa shape index (κ3) is 4.17. The Kier molecular flexibility index (Phi) is 4.68. The summed E-state index contributed by atoms with van der Waals surface area (Å²) >= 11 is 0. The van der Waals surface area contributed by atoms with E-state index in [1.165, 1.54) is 0 Å². The first-order valence-corrected chi connectivity index (χ1v) is 10.3. The SMILES string of the molecule is CC(C)(C)O[C@@H]1C=C[C@](C)(O)[C@H]1O[Si](C)(C)C(C)(C)C. The molecule has 3 atom stereocenters. The van der Waals surface area contributed by atoms with Gasteiger partial charge in [0.1, 0.15) is 17.8 Å². The molecule has 0 unspecified atom stereocenters. The molecule has 0 amide bonds. The second-order valence-electron chi connectivity index (χ2n) is 8.58. The van der Waals surface area contributed by atoms with E-state index in [4.69, 9.17) is 9.16 Å². The molecule has 0 fully saturated rings. The van der Waals surface area contributed by atoms with Gasteiger partial charge in [-0.05, 0) is 45.8 Å². The highest BCUT2D eigenvalue weighted by molar-refractivity contribution is 6.74. The molecule has 1 aliphatic rings. The lowest BCUT2D eigenvalue weighted by atomic mass is 10.0.